The number of aromatic hydroxyl groups is 2. The Morgan fingerprint density at radius 2 is 1.87 bits per heavy atom. The standard InChI is InChI=1S/C10H10BrNO3/c11-6-1-10(15)12(5-6)7-2-8(13)4-9(14)3-7/h2-4,6,13-14H,1,5H2. The molecule has 1 unspecified atom stereocenters. The van der Waals surface area contributed by atoms with Crippen molar-refractivity contribution < 1.29 is 15.0 Å². The van der Waals surface area contributed by atoms with E-state index in [9.17, 15) is 15.0 Å². The van der Waals surface area contributed by atoms with Crippen LogP contribution in [0.4, 0.5) is 5.69 Å². The third kappa shape index (κ3) is 2.07. The molecule has 1 saturated heterocycles. The van der Waals surface area contributed by atoms with Gasteiger partial charge < -0.3 is 15.1 Å². The number of halogens is 1. The summed E-state index contributed by atoms with van der Waals surface area (Å²) in [6.07, 6.45) is 0.441. The Kier molecular flexibility index (Phi) is 2.56. The van der Waals surface area contributed by atoms with Crippen LogP contribution in [0.3, 0.4) is 0 Å². The zero-order valence-corrected chi connectivity index (χ0v) is 9.44. The van der Waals surface area contributed by atoms with Gasteiger partial charge in [0.05, 0.1) is 5.69 Å². The number of benzene rings is 1. The molecule has 1 aliphatic heterocycles. The predicted octanol–water partition coefficient (Wildman–Crippen LogP) is 1.60. The Bertz CT molecular complexity index is 387. The van der Waals surface area contributed by atoms with Crippen LogP contribution in [-0.2, 0) is 4.79 Å². The molecule has 2 N–H and O–H groups in total. The van der Waals surface area contributed by atoms with Crippen LogP contribution in [-0.4, -0.2) is 27.5 Å². The highest BCUT2D eigenvalue weighted by Gasteiger charge is 2.29. The summed E-state index contributed by atoms with van der Waals surface area (Å²) >= 11 is 3.37. The van der Waals surface area contributed by atoms with Gasteiger partial charge in [0.1, 0.15) is 11.5 Å². The minimum absolute atomic E-state index is 0.0122. The van der Waals surface area contributed by atoms with E-state index in [0.717, 1.165) is 0 Å². The van der Waals surface area contributed by atoms with Crippen molar-refractivity contribution >= 4 is 27.5 Å². The highest BCUT2D eigenvalue weighted by Crippen LogP contribution is 2.31. The first-order chi connectivity index (χ1) is 7.06. The molecule has 0 saturated carbocycles. The maximum absolute atomic E-state index is 11.5. The van der Waals surface area contributed by atoms with Crippen LogP contribution in [0.2, 0.25) is 0 Å². The molecule has 2 rings (SSSR count). The van der Waals surface area contributed by atoms with E-state index in [1.165, 1.54) is 18.2 Å². The number of carbonyl (C=O) groups excluding carboxylic acids is 1. The molecule has 80 valence electrons. The monoisotopic (exact) mass is 271 g/mol. The van der Waals surface area contributed by atoms with Gasteiger partial charge in [-0.15, -0.1) is 0 Å². The molecule has 1 fully saturated rings. The molecule has 1 heterocycles. The molecule has 5 heteroatoms. The number of phenols is 2. The van der Waals surface area contributed by atoms with Crippen LogP contribution in [0.15, 0.2) is 18.2 Å². The zero-order valence-electron chi connectivity index (χ0n) is 7.85. The summed E-state index contributed by atoms with van der Waals surface area (Å²) in [5, 5.41) is 18.6. The highest BCUT2D eigenvalue weighted by molar-refractivity contribution is 9.09. The summed E-state index contributed by atoms with van der Waals surface area (Å²) in [5.74, 6) is -0.103. The molecule has 1 aliphatic rings. The SMILES string of the molecule is O=C1CC(Br)CN1c1cc(O)cc(O)c1. The number of nitrogens with zero attached hydrogens (tertiary/aromatic N) is 1. The van der Waals surface area contributed by atoms with Gasteiger partial charge >= 0.3 is 0 Å². The third-order valence-electron chi connectivity index (χ3n) is 2.28. The molecule has 0 bridgehead atoms. The maximum Gasteiger partial charge on any atom is 0.228 e. The zero-order chi connectivity index (χ0) is 11.0. The van der Waals surface area contributed by atoms with Gasteiger partial charge in [0.2, 0.25) is 5.91 Å². The lowest BCUT2D eigenvalue weighted by Gasteiger charge is -2.16. The van der Waals surface area contributed by atoms with Crippen molar-refractivity contribution in [1.29, 1.82) is 0 Å². The lowest BCUT2D eigenvalue weighted by atomic mass is 10.2. The minimum Gasteiger partial charge on any atom is -0.508 e. The second-order valence-corrected chi connectivity index (χ2v) is 4.81. The molecule has 0 aromatic heterocycles. The summed E-state index contributed by atoms with van der Waals surface area (Å²) in [7, 11) is 0. The van der Waals surface area contributed by atoms with Crippen molar-refractivity contribution in [2.45, 2.75) is 11.2 Å². The van der Waals surface area contributed by atoms with Gasteiger partial charge in [-0.1, -0.05) is 15.9 Å². The topological polar surface area (TPSA) is 60.8 Å². The second kappa shape index (κ2) is 3.73. The van der Waals surface area contributed by atoms with Crippen LogP contribution in [0.1, 0.15) is 6.42 Å². The van der Waals surface area contributed by atoms with Gasteiger partial charge in [0.25, 0.3) is 0 Å². The number of alkyl halides is 1. The van der Waals surface area contributed by atoms with E-state index in [4.69, 9.17) is 0 Å². The minimum atomic E-state index is -0.0455. The fourth-order valence-electron chi connectivity index (χ4n) is 1.65. The Balaban J connectivity index is 2.33. The molecule has 1 atom stereocenters. The molecule has 4 nitrogen and oxygen atoms in total. The molecular formula is C10H10BrNO3. The Morgan fingerprint density at radius 1 is 1.27 bits per heavy atom. The van der Waals surface area contributed by atoms with Crippen molar-refractivity contribution in [3.05, 3.63) is 18.2 Å². The molecule has 1 aromatic carbocycles. The summed E-state index contributed by atoms with van der Waals surface area (Å²) in [6.45, 7) is 0.557. The van der Waals surface area contributed by atoms with E-state index in [1.807, 2.05) is 0 Å². The van der Waals surface area contributed by atoms with Gasteiger partial charge in [-0.25, -0.2) is 0 Å². The van der Waals surface area contributed by atoms with Gasteiger partial charge in [-0.3, -0.25) is 4.79 Å². The largest absolute Gasteiger partial charge is 0.508 e. The van der Waals surface area contributed by atoms with Crippen LogP contribution in [0, 0.1) is 0 Å². The van der Waals surface area contributed by atoms with Crippen molar-refractivity contribution in [1.82, 2.24) is 0 Å². The number of hydrogen-bond donors (Lipinski definition) is 2. The lowest BCUT2D eigenvalue weighted by Crippen LogP contribution is -2.24. The lowest BCUT2D eigenvalue weighted by molar-refractivity contribution is -0.117. The predicted molar refractivity (Wildman–Crippen MR) is 59.5 cm³/mol. The van der Waals surface area contributed by atoms with Gasteiger partial charge in [-0.05, 0) is 0 Å². The molecule has 0 spiro atoms. The second-order valence-electron chi connectivity index (χ2n) is 3.51. The molecular weight excluding hydrogens is 262 g/mol. The Labute approximate surface area is 95.3 Å². The number of rotatable bonds is 1. The number of phenolic OH excluding ortho intramolecular Hbond substituents is 2. The summed E-state index contributed by atoms with van der Waals surface area (Å²) in [6, 6.07) is 4.15. The van der Waals surface area contributed by atoms with Gasteiger partial charge in [0.15, 0.2) is 0 Å². The van der Waals surface area contributed by atoms with Gasteiger partial charge in [-0.2, -0.15) is 0 Å². The average Bonchev–Trinajstić information content (AvgIpc) is 2.43. The Morgan fingerprint density at radius 3 is 2.33 bits per heavy atom. The van der Waals surface area contributed by atoms with Crippen molar-refractivity contribution in [3.63, 3.8) is 0 Å². The average molecular weight is 272 g/mol. The van der Waals surface area contributed by atoms with E-state index in [-0.39, 0.29) is 22.2 Å². The first-order valence-corrected chi connectivity index (χ1v) is 5.45. The van der Waals surface area contributed by atoms with Crippen molar-refractivity contribution in [2.75, 3.05) is 11.4 Å². The molecule has 0 aliphatic carbocycles. The molecule has 1 aromatic rings. The molecule has 15 heavy (non-hydrogen) atoms. The first kappa shape index (κ1) is 10.3. The molecule has 1 amide bonds. The van der Waals surface area contributed by atoms with Crippen LogP contribution in [0.5, 0.6) is 11.5 Å². The van der Waals surface area contributed by atoms with Crippen LogP contribution >= 0.6 is 15.9 Å². The first-order valence-electron chi connectivity index (χ1n) is 4.54. The third-order valence-corrected chi connectivity index (χ3v) is 2.89. The number of anilines is 1. The van der Waals surface area contributed by atoms with Gasteiger partial charge in [0, 0.05) is 36.0 Å². The molecule has 0 radical (unpaired) electrons. The highest BCUT2D eigenvalue weighted by atomic mass is 79.9. The summed E-state index contributed by atoms with van der Waals surface area (Å²) < 4.78 is 0. The fourth-order valence-corrected chi connectivity index (χ4v) is 2.22. The van der Waals surface area contributed by atoms with E-state index in [0.29, 0.717) is 18.7 Å². The van der Waals surface area contributed by atoms with E-state index < -0.39 is 0 Å². The normalized spacial score (nSPS) is 21.0. The van der Waals surface area contributed by atoms with Crippen molar-refractivity contribution in [3.8, 4) is 11.5 Å². The summed E-state index contributed by atoms with van der Waals surface area (Å²) in [4.78, 5) is 13.2. The summed E-state index contributed by atoms with van der Waals surface area (Å²) in [5.41, 5.74) is 0.527. The van der Waals surface area contributed by atoms with E-state index in [1.54, 1.807) is 4.90 Å². The number of carbonyl (C=O) groups is 1. The fraction of sp³-hybridized carbons (Fsp3) is 0.300. The van der Waals surface area contributed by atoms with E-state index >= 15 is 0 Å². The smallest absolute Gasteiger partial charge is 0.228 e. The van der Waals surface area contributed by atoms with E-state index in [2.05, 4.69) is 15.9 Å². The number of amides is 1. The quantitative estimate of drug-likeness (QED) is 0.763. The van der Waals surface area contributed by atoms with Crippen LogP contribution < -0.4 is 4.90 Å². The Hall–Kier alpha value is -1.23. The van der Waals surface area contributed by atoms with Crippen molar-refractivity contribution in [2.24, 2.45) is 0 Å². The number of hydrogen-bond acceptors (Lipinski definition) is 3. The maximum atomic E-state index is 11.5. The van der Waals surface area contributed by atoms with Crippen LogP contribution in [0.25, 0.3) is 0 Å².